The monoisotopic (exact) mass is 341 g/mol. The van der Waals surface area contributed by atoms with Crippen LogP contribution in [-0.2, 0) is 19.0 Å². The molecule has 0 bridgehead atoms. The van der Waals surface area contributed by atoms with Gasteiger partial charge in [-0.05, 0) is 37.7 Å². The van der Waals surface area contributed by atoms with Crippen molar-refractivity contribution in [2.24, 2.45) is 5.73 Å². The molecule has 8 heteroatoms. The Bertz CT molecular complexity index is 534. The fourth-order valence-corrected chi connectivity index (χ4v) is 1.96. The lowest BCUT2D eigenvalue weighted by Crippen LogP contribution is -2.36. The number of rotatable bonds is 7. The first-order chi connectivity index (χ1) is 10.9. The summed E-state index contributed by atoms with van der Waals surface area (Å²) in [4.78, 5) is 34.5. The highest BCUT2D eigenvalue weighted by molar-refractivity contribution is 8.13. The topological polar surface area (TPSA) is 105 Å². The molecule has 1 rings (SSSR count). The molecule has 0 aliphatic rings. The number of carbonyl (C=O) groups is 3. The molecule has 7 nitrogen and oxygen atoms in total. The van der Waals surface area contributed by atoms with E-state index >= 15 is 0 Å². The smallest absolute Gasteiger partial charge is 0.370 e. The zero-order valence-electron chi connectivity index (χ0n) is 12.9. The second kappa shape index (κ2) is 9.86. The summed E-state index contributed by atoms with van der Waals surface area (Å²) >= 11 is 0.709. The summed E-state index contributed by atoms with van der Waals surface area (Å²) in [7, 11) is 0. The van der Waals surface area contributed by atoms with Crippen LogP contribution in [0.1, 0.15) is 24.2 Å². The highest BCUT2D eigenvalue weighted by Gasteiger charge is 2.19. The summed E-state index contributed by atoms with van der Waals surface area (Å²) in [6, 6.07) is 7.38. The summed E-state index contributed by atoms with van der Waals surface area (Å²) in [6.45, 7) is 2.89. The van der Waals surface area contributed by atoms with Crippen molar-refractivity contribution in [3.8, 4) is 0 Å². The number of thioether (sulfide) groups is 1. The minimum absolute atomic E-state index is 0.0109. The SMILES string of the molecule is CC(C)OC(=O)[C@@H](N)CSC(=O)OCOC(=O)c1ccccc1. The molecule has 0 spiro atoms. The average Bonchev–Trinajstić information content (AvgIpc) is 2.52. The Morgan fingerprint density at radius 3 is 2.39 bits per heavy atom. The van der Waals surface area contributed by atoms with Crippen LogP contribution < -0.4 is 5.73 Å². The number of esters is 2. The van der Waals surface area contributed by atoms with Gasteiger partial charge in [0.05, 0.1) is 11.7 Å². The van der Waals surface area contributed by atoms with E-state index < -0.39 is 30.1 Å². The molecule has 1 aromatic rings. The Morgan fingerprint density at radius 1 is 1.13 bits per heavy atom. The Balaban J connectivity index is 2.22. The molecule has 0 radical (unpaired) electrons. The molecule has 0 heterocycles. The van der Waals surface area contributed by atoms with Crippen LogP contribution in [0.3, 0.4) is 0 Å². The maximum atomic E-state index is 11.6. The number of carbonyl (C=O) groups excluding carboxylic acids is 3. The van der Waals surface area contributed by atoms with E-state index in [1.165, 1.54) is 0 Å². The number of ether oxygens (including phenoxy) is 3. The van der Waals surface area contributed by atoms with Gasteiger partial charge in [0.15, 0.2) is 0 Å². The van der Waals surface area contributed by atoms with Gasteiger partial charge in [0.25, 0.3) is 0 Å². The Hall–Kier alpha value is -2.06. The quantitative estimate of drug-likeness (QED) is 0.592. The van der Waals surface area contributed by atoms with E-state index in [1.807, 2.05) is 0 Å². The third-order valence-electron chi connectivity index (χ3n) is 2.41. The van der Waals surface area contributed by atoms with Gasteiger partial charge in [-0.1, -0.05) is 18.2 Å². The number of hydrogen-bond donors (Lipinski definition) is 1. The zero-order chi connectivity index (χ0) is 17.2. The molecule has 0 fully saturated rings. The number of benzene rings is 1. The fourth-order valence-electron chi connectivity index (χ4n) is 1.38. The summed E-state index contributed by atoms with van der Waals surface area (Å²) in [5.41, 5.74) is 5.93. The van der Waals surface area contributed by atoms with E-state index in [9.17, 15) is 14.4 Å². The van der Waals surface area contributed by atoms with Crippen LogP contribution in [0.5, 0.6) is 0 Å². The van der Waals surface area contributed by atoms with Crippen molar-refractivity contribution in [1.29, 1.82) is 0 Å². The van der Waals surface area contributed by atoms with Crippen LogP contribution in [0.15, 0.2) is 30.3 Å². The van der Waals surface area contributed by atoms with Crippen LogP contribution in [0.4, 0.5) is 4.79 Å². The average molecular weight is 341 g/mol. The molecular weight excluding hydrogens is 322 g/mol. The second-order valence-electron chi connectivity index (χ2n) is 4.71. The normalized spacial score (nSPS) is 11.7. The maximum Gasteiger partial charge on any atom is 0.370 e. The van der Waals surface area contributed by atoms with Crippen LogP contribution in [-0.4, -0.2) is 41.9 Å². The summed E-state index contributed by atoms with van der Waals surface area (Å²) in [5, 5.41) is -0.696. The lowest BCUT2D eigenvalue weighted by molar-refractivity contribution is -0.148. The Morgan fingerprint density at radius 2 is 1.78 bits per heavy atom. The first-order valence-electron chi connectivity index (χ1n) is 6.88. The molecule has 23 heavy (non-hydrogen) atoms. The van der Waals surface area contributed by atoms with E-state index in [0.29, 0.717) is 17.3 Å². The third-order valence-corrected chi connectivity index (χ3v) is 3.29. The summed E-state index contributed by atoms with van der Waals surface area (Å²) in [5.74, 6) is -1.17. The van der Waals surface area contributed by atoms with E-state index in [1.54, 1.807) is 44.2 Å². The van der Waals surface area contributed by atoms with Crippen LogP contribution >= 0.6 is 11.8 Å². The molecule has 1 aromatic carbocycles. The predicted octanol–water partition coefficient (Wildman–Crippen LogP) is 1.95. The molecular formula is C15H19NO6S. The van der Waals surface area contributed by atoms with Crippen LogP contribution in [0, 0.1) is 0 Å². The summed E-state index contributed by atoms with van der Waals surface area (Å²) < 4.78 is 14.4. The van der Waals surface area contributed by atoms with Gasteiger partial charge in [-0.15, -0.1) is 0 Å². The molecule has 1 atom stereocenters. The lowest BCUT2D eigenvalue weighted by Gasteiger charge is -2.13. The van der Waals surface area contributed by atoms with Gasteiger partial charge in [-0.25, -0.2) is 9.59 Å². The largest absolute Gasteiger partial charge is 0.462 e. The molecule has 0 aliphatic carbocycles. The fraction of sp³-hybridized carbons (Fsp3) is 0.400. The molecule has 0 aliphatic heterocycles. The van der Waals surface area contributed by atoms with Gasteiger partial charge in [0.2, 0.25) is 6.79 Å². The lowest BCUT2D eigenvalue weighted by atomic mass is 10.2. The van der Waals surface area contributed by atoms with Gasteiger partial charge in [0, 0.05) is 5.75 Å². The predicted molar refractivity (Wildman–Crippen MR) is 84.9 cm³/mol. The van der Waals surface area contributed by atoms with Gasteiger partial charge in [0.1, 0.15) is 6.04 Å². The number of hydrogen-bond acceptors (Lipinski definition) is 8. The Kier molecular flexibility index (Phi) is 8.14. The van der Waals surface area contributed by atoms with Crippen molar-refractivity contribution in [2.45, 2.75) is 26.0 Å². The van der Waals surface area contributed by atoms with Crippen LogP contribution in [0.25, 0.3) is 0 Å². The first kappa shape index (κ1) is 19.0. The molecule has 0 unspecified atom stereocenters. The second-order valence-corrected chi connectivity index (χ2v) is 5.67. The van der Waals surface area contributed by atoms with Crippen molar-refractivity contribution in [2.75, 3.05) is 12.5 Å². The van der Waals surface area contributed by atoms with Gasteiger partial charge < -0.3 is 19.9 Å². The third kappa shape index (κ3) is 7.66. The van der Waals surface area contributed by atoms with Crippen molar-refractivity contribution in [3.63, 3.8) is 0 Å². The standard InChI is InChI=1S/C15H19NO6S/c1-10(2)22-14(18)12(16)8-23-15(19)21-9-20-13(17)11-6-4-3-5-7-11/h3-7,10,12H,8-9,16H2,1-2H3/t12-/m0/s1. The first-order valence-corrected chi connectivity index (χ1v) is 7.86. The Labute approximate surface area is 138 Å². The van der Waals surface area contributed by atoms with Crippen molar-refractivity contribution >= 4 is 29.0 Å². The van der Waals surface area contributed by atoms with E-state index in [-0.39, 0.29) is 11.9 Å². The molecule has 126 valence electrons. The van der Waals surface area contributed by atoms with Crippen LogP contribution in [0.2, 0.25) is 0 Å². The van der Waals surface area contributed by atoms with Gasteiger partial charge >= 0.3 is 17.2 Å². The minimum atomic E-state index is -0.929. The van der Waals surface area contributed by atoms with Gasteiger partial charge in [-0.2, -0.15) is 0 Å². The number of nitrogens with two attached hydrogens (primary N) is 1. The van der Waals surface area contributed by atoms with E-state index in [2.05, 4.69) is 0 Å². The molecule has 0 saturated carbocycles. The summed E-state index contributed by atoms with van der Waals surface area (Å²) in [6.07, 6.45) is -0.275. The van der Waals surface area contributed by atoms with Gasteiger partial charge in [-0.3, -0.25) is 4.79 Å². The van der Waals surface area contributed by atoms with E-state index in [4.69, 9.17) is 19.9 Å². The molecule has 2 N–H and O–H groups in total. The zero-order valence-corrected chi connectivity index (χ0v) is 13.7. The maximum absolute atomic E-state index is 11.6. The highest BCUT2D eigenvalue weighted by Crippen LogP contribution is 2.09. The molecule has 0 saturated heterocycles. The van der Waals surface area contributed by atoms with Crippen molar-refractivity contribution in [3.05, 3.63) is 35.9 Å². The van der Waals surface area contributed by atoms with Crippen molar-refractivity contribution in [1.82, 2.24) is 0 Å². The minimum Gasteiger partial charge on any atom is -0.462 e. The van der Waals surface area contributed by atoms with Crippen molar-refractivity contribution < 1.29 is 28.6 Å². The highest BCUT2D eigenvalue weighted by atomic mass is 32.2. The van der Waals surface area contributed by atoms with E-state index in [0.717, 1.165) is 0 Å². The molecule has 0 amide bonds. The molecule has 0 aromatic heterocycles.